The molecular weight excluding hydrogens is 236 g/mol. The molecule has 98 valence electrons. The number of aliphatic hydroxyl groups excluding tert-OH is 1. The summed E-state index contributed by atoms with van der Waals surface area (Å²) in [6.45, 7) is 1.96. The van der Waals surface area contributed by atoms with E-state index in [-0.39, 0.29) is 18.5 Å². The number of pyridine rings is 1. The third-order valence-corrected chi connectivity index (χ3v) is 2.83. The molecule has 1 fully saturated rings. The molecule has 2 heterocycles. The zero-order valence-electron chi connectivity index (χ0n) is 9.86. The van der Waals surface area contributed by atoms with Gasteiger partial charge in [0.15, 0.2) is 5.84 Å². The number of amidine groups is 1. The lowest BCUT2D eigenvalue weighted by atomic mass is 10.2. The van der Waals surface area contributed by atoms with Gasteiger partial charge < -0.3 is 25.7 Å². The highest BCUT2D eigenvalue weighted by Gasteiger charge is 2.20. The Morgan fingerprint density at radius 3 is 3.06 bits per heavy atom. The average Bonchev–Trinajstić information content (AvgIpc) is 2.46. The van der Waals surface area contributed by atoms with Crippen LogP contribution in [0, 0.1) is 0 Å². The monoisotopic (exact) mass is 252 g/mol. The van der Waals surface area contributed by atoms with Crippen molar-refractivity contribution in [2.75, 3.05) is 31.2 Å². The number of hydrogen-bond donors (Lipinski definition) is 3. The number of ether oxygens (including phenoxy) is 1. The summed E-state index contributed by atoms with van der Waals surface area (Å²) in [6.07, 6.45) is 1.50. The van der Waals surface area contributed by atoms with E-state index in [4.69, 9.17) is 20.8 Å². The Bertz CT molecular complexity index is 421. The summed E-state index contributed by atoms with van der Waals surface area (Å²) >= 11 is 0. The molecule has 1 saturated heterocycles. The molecule has 1 aromatic heterocycles. The van der Waals surface area contributed by atoms with Crippen molar-refractivity contribution in [1.82, 2.24) is 4.98 Å². The van der Waals surface area contributed by atoms with Crippen molar-refractivity contribution >= 4 is 11.5 Å². The Kier molecular flexibility index (Phi) is 3.96. The van der Waals surface area contributed by atoms with Gasteiger partial charge in [-0.3, -0.25) is 4.98 Å². The van der Waals surface area contributed by atoms with Gasteiger partial charge in [-0.05, 0) is 12.1 Å². The van der Waals surface area contributed by atoms with E-state index in [0.29, 0.717) is 18.8 Å². The van der Waals surface area contributed by atoms with Crippen LogP contribution in [0.5, 0.6) is 0 Å². The van der Waals surface area contributed by atoms with Crippen LogP contribution in [-0.4, -0.2) is 53.5 Å². The molecule has 0 aromatic carbocycles. The molecule has 0 amide bonds. The largest absolute Gasteiger partial charge is 0.409 e. The lowest BCUT2D eigenvalue weighted by Gasteiger charge is -2.33. The van der Waals surface area contributed by atoms with Crippen LogP contribution in [0.4, 0.5) is 5.69 Å². The molecule has 7 heteroatoms. The van der Waals surface area contributed by atoms with E-state index in [2.05, 4.69) is 15.0 Å². The lowest BCUT2D eigenvalue weighted by Crippen LogP contribution is -2.44. The number of aliphatic hydroxyl groups is 1. The highest BCUT2D eigenvalue weighted by atomic mass is 16.5. The minimum Gasteiger partial charge on any atom is -0.409 e. The zero-order valence-corrected chi connectivity index (χ0v) is 9.86. The Labute approximate surface area is 104 Å². The number of oxime groups is 1. The maximum Gasteiger partial charge on any atom is 0.188 e. The van der Waals surface area contributed by atoms with Crippen molar-refractivity contribution in [3.8, 4) is 0 Å². The first kappa shape index (κ1) is 12.6. The van der Waals surface area contributed by atoms with E-state index in [1.165, 1.54) is 0 Å². The van der Waals surface area contributed by atoms with E-state index < -0.39 is 0 Å². The molecule has 1 aliphatic heterocycles. The number of nitrogens with zero attached hydrogens (tertiary/aromatic N) is 3. The summed E-state index contributed by atoms with van der Waals surface area (Å²) in [5.74, 6) is -0.0169. The number of hydrogen-bond acceptors (Lipinski definition) is 6. The second-order valence-corrected chi connectivity index (χ2v) is 4.01. The van der Waals surface area contributed by atoms with Gasteiger partial charge in [-0.1, -0.05) is 5.16 Å². The molecule has 7 nitrogen and oxygen atoms in total. The molecule has 0 radical (unpaired) electrons. The average molecular weight is 252 g/mol. The van der Waals surface area contributed by atoms with Gasteiger partial charge in [0.25, 0.3) is 0 Å². The van der Waals surface area contributed by atoms with Gasteiger partial charge in [0, 0.05) is 13.1 Å². The molecule has 2 rings (SSSR count). The van der Waals surface area contributed by atoms with Gasteiger partial charge in [-0.25, -0.2) is 0 Å². The van der Waals surface area contributed by atoms with E-state index in [0.717, 1.165) is 12.2 Å². The topological polar surface area (TPSA) is 104 Å². The van der Waals surface area contributed by atoms with Gasteiger partial charge in [-0.15, -0.1) is 0 Å². The highest BCUT2D eigenvalue weighted by Crippen LogP contribution is 2.16. The van der Waals surface area contributed by atoms with Crippen LogP contribution in [0.3, 0.4) is 0 Å². The summed E-state index contributed by atoms with van der Waals surface area (Å²) < 4.78 is 5.37. The quantitative estimate of drug-likeness (QED) is 0.286. The van der Waals surface area contributed by atoms with Crippen molar-refractivity contribution in [1.29, 1.82) is 0 Å². The van der Waals surface area contributed by atoms with Crippen LogP contribution in [0.25, 0.3) is 0 Å². The Morgan fingerprint density at radius 2 is 2.44 bits per heavy atom. The molecule has 18 heavy (non-hydrogen) atoms. The third kappa shape index (κ3) is 2.69. The van der Waals surface area contributed by atoms with Crippen LogP contribution in [0.15, 0.2) is 23.5 Å². The lowest BCUT2D eigenvalue weighted by molar-refractivity contribution is 0.00355. The Hall–Kier alpha value is -1.86. The molecular formula is C11H16N4O3. The summed E-state index contributed by atoms with van der Waals surface area (Å²) in [7, 11) is 0. The molecule has 0 bridgehead atoms. The maximum atomic E-state index is 9.08. The normalized spacial score (nSPS) is 21.1. The van der Waals surface area contributed by atoms with Gasteiger partial charge >= 0.3 is 0 Å². The van der Waals surface area contributed by atoms with Crippen molar-refractivity contribution in [3.05, 3.63) is 24.0 Å². The molecule has 0 spiro atoms. The molecule has 1 unspecified atom stereocenters. The number of aromatic nitrogens is 1. The Balaban J connectivity index is 2.09. The fourth-order valence-electron chi connectivity index (χ4n) is 1.84. The standard InChI is InChI=1S/C11H16N4O3/c12-11(14-17)10-2-1-8(5-13-10)15-3-4-18-9(6-15)7-16/h1-2,5,9,16-17H,3-4,6-7H2,(H2,12,14). The van der Waals surface area contributed by atoms with Gasteiger partial charge in [0.1, 0.15) is 5.69 Å². The van der Waals surface area contributed by atoms with Crippen LogP contribution < -0.4 is 10.6 Å². The maximum absolute atomic E-state index is 9.08. The molecule has 1 atom stereocenters. The molecule has 1 aromatic rings. The minimum absolute atomic E-state index is 0.00608. The summed E-state index contributed by atoms with van der Waals surface area (Å²) in [5, 5.41) is 20.5. The van der Waals surface area contributed by atoms with E-state index in [1.807, 2.05) is 6.07 Å². The smallest absolute Gasteiger partial charge is 0.188 e. The number of anilines is 1. The first-order chi connectivity index (χ1) is 8.74. The van der Waals surface area contributed by atoms with Gasteiger partial charge in [0.2, 0.25) is 0 Å². The van der Waals surface area contributed by atoms with E-state index in [1.54, 1.807) is 12.3 Å². The van der Waals surface area contributed by atoms with E-state index in [9.17, 15) is 0 Å². The fourth-order valence-corrected chi connectivity index (χ4v) is 1.84. The Morgan fingerprint density at radius 1 is 1.61 bits per heavy atom. The molecule has 0 aliphatic carbocycles. The summed E-state index contributed by atoms with van der Waals surface area (Å²) in [6, 6.07) is 3.54. The summed E-state index contributed by atoms with van der Waals surface area (Å²) in [4.78, 5) is 6.19. The first-order valence-electron chi connectivity index (χ1n) is 5.66. The van der Waals surface area contributed by atoms with Crippen molar-refractivity contribution < 1.29 is 15.1 Å². The van der Waals surface area contributed by atoms with Crippen LogP contribution in [-0.2, 0) is 4.74 Å². The van der Waals surface area contributed by atoms with Crippen molar-refractivity contribution in [2.24, 2.45) is 10.9 Å². The first-order valence-corrected chi connectivity index (χ1v) is 5.66. The molecule has 0 saturated carbocycles. The zero-order chi connectivity index (χ0) is 13.0. The van der Waals surface area contributed by atoms with E-state index >= 15 is 0 Å². The second kappa shape index (κ2) is 5.65. The number of morpholine rings is 1. The van der Waals surface area contributed by atoms with Crippen LogP contribution in [0.1, 0.15) is 5.69 Å². The molecule has 1 aliphatic rings. The van der Waals surface area contributed by atoms with Gasteiger partial charge in [0.05, 0.1) is 31.2 Å². The SMILES string of the molecule is N/C(=N/O)c1ccc(N2CCOC(CO)C2)cn1. The molecule has 4 N–H and O–H groups in total. The fraction of sp³-hybridized carbons (Fsp3) is 0.455. The second-order valence-electron chi connectivity index (χ2n) is 4.01. The van der Waals surface area contributed by atoms with Crippen molar-refractivity contribution in [3.63, 3.8) is 0 Å². The van der Waals surface area contributed by atoms with Crippen molar-refractivity contribution in [2.45, 2.75) is 6.10 Å². The number of rotatable bonds is 3. The predicted octanol–water partition coefficient (Wildman–Crippen LogP) is -0.626. The van der Waals surface area contributed by atoms with Gasteiger partial charge in [-0.2, -0.15) is 0 Å². The summed E-state index contributed by atoms with van der Waals surface area (Å²) in [5.41, 5.74) is 6.78. The minimum atomic E-state index is -0.164. The number of nitrogens with two attached hydrogens (primary N) is 1. The highest BCUT2D eigenvalue weighted by molar-refractivity contribution is 5.95. The van der Waals surface area contributed by atoms with Crippen LogP contribution in [0.2, 0.25) is 0 Å². The predicted molar refractivity (Wildman–Crippen MR) is 65.8 cm³/mol. The third-order valence-electron chi connectivity index (χ3n) is 2.83. The van der Waals surface area contributed by atoms with Crippen LogP contribution >= 0.6 is 0 Å².